The standard InChI is InChI=1S/C14H16N2.Y/c1-5-13-11(4)14(16-15-13)12-7-6-9(2)8-10(12)3;/h6-8H,3-5H2,1-2H3,(H,15,16);/q-2;. The van der Waals surface area contributed by atoms with Gasteiger partial charge in [0.25, 0.3) is 0 Å². The number of aryl methyl sites for hydroxylation is 2. The minimum absolute atomic E-state index is 0. The van der Waals surface area contributed by atoms with E-state index < -0.39 is 0 Å². The van der Waals surface area contributed by atoms with Crippen LogP contribution in [0.15, 0.2) is 18.2 Å². The van der Waals surface area contributed by atoms with Gasteiger partial charge in [-0.2, -0.15) is 36.6 Å². The van der Waals surface area contributed by atoms with E-state index in [0.29, 0.717) is 0 Å². The van der Waals surface area contributed by atoms with Crippen LogP contribution in [-0.4, -0.2) is 10.2 Å². The summed E-state index contributed by atoms with van der Waals surface area (Å²) in [5.41, 5.74) is 6.27. The third kappa shape index (κ3) is 2.75. The normalized spacial score (nSPS) is 10.0. The number of nitrogens with one attached hydrogen (secondary N) is 1. The Morgan fingerprint density at radius 3 is 2.53 bits per heavy atom. The second kappa shape index (κ2) is 5.75. The van der Waals surface area contributed by atoms with Crippen molar-refractivity contribution in [1.82, 2.24) is 10.2 Å². The molecule has 1 N–H and O–H groups in total. The average Bonchev–Trinajstić information content (AvgIpc) is 2.60. The van der Waals surface area contributed by atoms with Gasteiger partial charge in [0.05, 0.1) is 0 Å². The number of aromatic amines is 1. The van der Waals surface area contributed by atoms with Crippen molar-refractivity contribution >= 4 is 0 Å². The quantitative estimate of drug-likeness (QED) is 0.847. The summed E-state index contributed by atoms with van der Waals surface area (Å²) >= 11 is 0. The maximum Gasteiger partial charge on any atom is 0 e. The predicted octanol–water partition coefficient (Wildman–Crippen LogP) is 3.31. The van der Waals surface area contributed by atoms with Gasteiger partial charge in [0.2, 0.25) is 0 Å². The number of nitrogens with zero attached hydrogens (tertiary/aromatic N) is 1. The zero-order chi connectivity index (χ0) is 11.7. The fourth-order valence-corrected chi connectivity index (χ4v) is 1.87. The molecule has 0 amide bonds. The number of hydrogen-bond donors (Lipinski definition) is 1. The molecule has 0 atom stereocenters. The molecule has 0 bridgehead atoms. The van der Waals surface area contributed by atoms with E-state index in [1.807, 2.05) is 0 Å². The number of H-pyrrole nitrogens is 1. The van der Waals surface area contributed by atoms with Crippen LogP contribution in [0.2, 0.25) is 0 Å². The molecule has 0 saturated carbocycles. The Hall–Kier alpha value is -0.726. The minimum Gasteiger partial charge on any atom is -0.348 e. The van der Waals surface area contributed by atoms with Crippen molar-refractivity contribution in [3.05, 3.63) is 54.4 Å². The molecule has 1 aromatic carbocycles. The van der Waals surface area contributed by atoms with Gasteiger partial charge in [-0.25, -0.2) is 0 Å². The Kier molecular flexibility index (Phi) is 4.84. The van der Waals surface area contributed by atoms with Crippen molar-refractivity contribution in [2.75, 3.05) is 0 Å². The van der Waals surface area contributed by atoms with E-state index in [9.17, 15) is 0 Å². The summed E-state index contributed by atoms with van der Waals surface area (Å²) in [6.07, 6.45) is 0.921. The van der Waals surface area contributed by atoms with Crippen molar-refractivity contribution in [1.29, 1.82) is 0 Å². The van der Waals surface area contributed by atoms with Gasteiger partial charge in [-0.3, -0.25) is 5.10 Å². The smallest absolute Gasteiger partial charge is 0 e. The maximum atomic E-state index is 4.32. The fourth-order valence-electron chi connectivity index (χ4n) is 1.87. The monoisotopic (exact) mass is 301 g/mol. The third-order valence-electron chi connectivity index (χ3n) is 2.82. The molecule has 17 heavy (non-hydrogen) atoms. The van der Waals surface area contributed by atoms with E-state index in [-0.39, 0.29) is 32.7 Å². The van der Waals surface area contributed by atoms with E-state index in [1.165, 1.54) is 5.56 Å². The van der Waals surface area contributed by atoms with E-state index in [0.717, 1.165) is 34.5 Å². The first-order chi connectivity index (χ1) is 7.63. The third-order valence-corrected chi connectivity index (χ3v) is 2.82. The van der Waals surface area contributed by atoms with Crippen LogP contribution < -0.4 is 0 Å². The van der Waals surface area contributed by atoms with E-state index in [2.05, 4.69) is 56.1 Å². The van der Waals surface area contributed by atoms with Crippen LogP contribution in [0, 0.1) is 20.8 Å². The van der Waals surface area contributed by atoms with Crippen LogP contribution in [0.25, 0.3) is 11.3 Å². The SMILES string of the molecule is [CH2-]c1cc(C)ccc1-c1n[nH]c(CC)c1[CH2-].[Y]. The Labute approximate surface area is 128 Å². The second-order valence-corrected chi connectivity index (χ2v) is 4.04. The molecule has 2 rings (SSSR count). The second-order valence-electron chi connectivity index (χ2n) is 4.04. The first-order valence-electron chi connectivity index (χ1n) is 5.45. The molecule has 2 nitrogen and oxygen atoms in total. The van der Waals surface area contributed by atoms with E-state index in [1.54, 1.807) is 0 Å². The van der Waals surface area contributed by atoms with E-state index in [4.69, 9.17) is 0 Å². The molecule has 0 fully saturated rings. The molecule has 0 saturated heterocycles. The number of benzene rings is 1. The number of rotatable bonds is 2. The minimum atomic E-state index is 0. The molecular weight excluding hydrogens is 285 g/mol. The van der Waals surface area contributed by atoms with Crippen LogP contribution in [0.4, 0.5) is 0 Å². The molecular formula is C14H16N2Y-2. The van der Waals surface area contributed by atoms with Crippen molar-refractivity contribution < 1.29 is 32.7 Å². The van der Waals surface area contributed by atoms with Crippen LogP contribution in [-0.2, 0) is 39.1 Å². The van der Waals surface area contributed by atoms with Gasteiger partial charge in [0, 0.05) is 32.7 Å². The summed E-state index contributed by atoms with van der Waals surface area (Å²) < 4.78 is 0. The predicted molar refractivity (Wildman–Crippen MR) is 67.1 cm³/mol. The van der Waals surface area contributed by atoms with Crippen LogP contribution in [0.3, 0.4) is 0 Å². The summed E-state index contributed by atoms with van der Waals surface area (Å²) in [7, 11) is 0. The molecule has 0 aliphatic rings. The average molecular weight is 301 g/mol. The van der Waals surface area contributed by atoms with Gasteiger partial charge in [-0.15, -0.1) is 11.6 Å². The molecule has 1 radical (unpaired) electrons. The summed E-state index contributed by atoms with van der Waals surface area (Å²) in [4.78, 5) is 0. The van der Waals surface area contributed by atoms with Gasteiger partial charge in [0.15, 0.2) is 0 Å². The molecule has 87 valence electrons. The Morgan fingerprint density at radius 1 is 1.29 bits per heavy atom. The Morgan fingerprint density at radius 2 is 2.00 bits per heavy atom. The largest absolute Gasteiger partial charge is 0.348 e. The molecule has 3 heteroatoms. The van der Waals surface area contributed by atoms with Crippen molar-refractivity contribution in [3.8, 4) is 11.3 Å². The summed E-state index contributed by atoms with van der Waals surface area (Å²) in [6, 6.07) is 6.20. The van der Waals surface area contributed by atoms with Gasteiger partial charge >= 0.3 is 0 Å². The molecule has 0 aliphatic carbocycles. The molecule has 1 aromatic heterocycles. The van der Waals surface area contributed by atoms with E-state index >= 15 is 0 Å². The van der Waals surface area contributed by atoms with Crippen LogP contribution in [0.1, 0.15) is 29.3 Å². The summed E-state index contributed by atoms with van der Waals surface area (Å²) in [6.45, 7) is 12.3. The van der Waals surface area contributed by atoms with Gasteiger partial charge in [-0.05, 0) is 0 Å². The Balaban J connectivity index is 0.00000144. The maximum absolute atomic E-state index is 4.32. The molecule has 2 aromatic rings. The van der Waals surface area contributed by atoms with Crippen LogP contribution >= 0.6 is 0 Å². The zero-order valence-corrected chi connectivity index (χ0v) is 13.2. The van der Waals surface area contributed by atoms with Crippen molar-refractivity contribution in [3.63, 3.8) is 0 Å². The first-order valence-corrected chi connectivity index (χ1v) is 5.45. The van der Waals surface area contributed by atoms with Crippen molar-refractivity contribution in [2.24, 2.45) is 0 Å². The van der Waals surface area contributed by atoms with Gasteiger partial charge in [-0.1, -0.05) is 37.7 Å². The van der Waals surface area contributed by atoms with Crippen LogP contribution in [0.5, 0.6) is 0 Å². The first kappa shape index (κ1) is 14.3. The number of aromatic nitrogens is 2. The summed E-state index contributed by atoms with van der Waals surface area (Å²) in [5.74, 6) is 0. The van der Waals surface area contributed by atoms with Crippen molar-refractivity contribution in [2.45, 2.75) is 20.3 Å². The summed E-state index contributed by atoms with van der Waals surface area (Å²) in [5, 5.41) is 7.34. The molecule has 0 aliphatic heterocycles. The topological polar surface area (TPSA) is 28.7 Å². The number of hydrogen-bond acceptors (Lipinski definition) is 1. The fraction of sp³-hybridized carbons (Fsp3) is 0.214. The van der Waals surface area contributed by atoms with Gasteiger partial charge < -0.3 is 5.10 Å². The Bertz CT molecular complexity index is 515. The molecule has 0 unspecified atom stereocenters. The van der Waals surface area contributed by atoms with Gasteiger partial charge in [0.1, 0.15) is 0 Å². The zero-order valence-electron chi connectivity index (χ0n) is 10.4. The molecule has 1 heterocycles. The molecule has 0 spiro atoms.